The van der Waals surface area contributed by atoms with Crippen LogP contribution >= 0.6 is 11.8 Å². The largest absolute Gasteiger partial charge is 0.489 e. The number of carbonyl (C=O) groups excluding carboxylic acids is 2. The third kappa shape index (κ3) is 5.65. The van der Waals surface area contributed by atoms with Gasteiger partial charge in [-0.2, -0.15) is 15.1 Å². The number of thioether (sulfide) groups is 1. The number of nitrogens with zero attached hydrogens (tertiary/aromatic N) is 5. The molecule has 38 heavy (non-hydrogen) atoms. The Hall–Kier alpha value is -4.32. The zero-order valence-corrected chi connectivity index (χ0v) is 21.1. The Morgan fingerprint density at radius 3 is 2.50 bits per heavy atom. The van der Waals surface area contributed by atoms with Gasteiger partial charge in [0.05, 0.1) is 16.9 Å². The van der Waals surface area contributed by atoms with Gasteiger partial charge in [-0.1, -0.05) is 12.1 Å². The molecule has 2 amide bonds. The van der Waals surface area contributed by atoms with Crippen molar-refractivity contribution in [1.29, 1.82) is 5.41 Å². The number of nitro benzene ring substituents is 1. The monoisotopic (exact) mass is 532 g/mol. The number of hydrogen-bond donors (Lipinski definition) is 1. The van der Waals surface area contributed by atoms with E-state index in [-0.39, 0.29) is 41.2 Å². The minimum absolute atomic E-state index is 0.000839. The van der Waals surface area contributed by atoms with Gasteiger partial charge < -0.3 is 9.64 Å². The zero-order chi connectivity index (χ0) is 26.6. The third-order valence-corrected chi connectivity index (χ3v) is 7.16. The van der Waals surface area contributed by atoms with Gasteiger partial charge in [0.25, 0.3) is 11.6 Å². The fourth-order valence-corrected chi connectivity index (χ4v) is 5.07. The quantitative estimate of drug-likeness (QED) is 0.320. The van der Waals surface area contributed by atoms with Gasteiger partial charge in [0, 0.05) is 25.2 Å². The van der Waals surface area contributed by atoms with E-state index < -0.39 is 10.8 Å². The number of fused-ring (bicyclic) bond motifs is 1. The summed E-state index contributed by atoms with van der Waals surface area (Å²) in [4.78, 5) is 41.6. The fourth-order valence-electron chi connectivity index (χ4n) is 4.20. The number of non-ortho nitro benzene ring substituents is 1. The van der Waals surface area contributed by atoms with Crippen LogP contribution in [-0.4, -0.2) is 55.8 Å². The van der Waals surface area contributed by atoms with Crippen LogP contribution in [0.1, 0.15) is 36.8 Å². The maximum absolute atomic E-state index is 12.7. The number of nitro groups is 1. The average Bonchev–Trinajstić information content (AvgIpc) is 3.33. The molecule has 1 saturated heterocycles. The molecule has 0 spiro atoms. The van der Waals surface area contributed by atoms with Crippen molar-refractivity contribution >= 4 is 51.4 Å². The van der Waals surface area contributed by atoms with Crippen LogP contribution in [0.2, 0.25) is 0 Å². The highest BCUT2D eigenvalue weighted by molar-refractivity contribution is 8.27. The molecule has 194 valence electrons. The van der Waals surface area contributed by atoms with Gasteiger partial charge in [-0.25, -0.2) is 0 Å². The number of nitrogens with one attached hydrogen (secondary N) is 1. The Morgan fingerprint density at radius 1 is 1.11 bits per heavy atom. The molecule has 5 rings (SSSR count). The molecule has 1 fully saturated rings. The number of hydrazone groups is 1. The van der Waals surface area contributed by atoms with E-state index in [9.17, 15) is 19.7 Å². The van der Waals surface area contributed by atoms with E-state index in [1.165, 1.54) is 17.1 Å². The van der Waals surface area contributed by atoms with Crippen molar-refractivity contribution in [2.24, 2.45) is 10.1 Å². The zero-order valence-electron chi connectivity index (χ0n) is 20.3. The SMILES string of the molecule is N=C1/C(=C/c2ccc(OCc3ccc([N+](=O)[O-])cc3)cc2)C(=O)N=C2SC(CC(=O)N3CCCCC3)=NN12. The summed E-state index contributed by atoms with van der Waals surface area (Å²) in [6.07, 6.45) is 4.84. The first kappa shape index (κ1) is 25.3. The van der Waals surface area contributed by atoms with Gasteiger partial charge in [-0.3, -0.25) is 25.1 Å². The maximum Gasteiger partial charge on any atom is 0.283 e. The number of amides is 2. The number of aliphatic imine (C=N–C) groups is 1. The second-order valence-corrected chi connectivity index (χ2v) is 9.95. The topological polar surface area (TPSA) is 142 Å². The number of likely N-dealkylation sites (tertiary alicyclic amines) is 1. The average molecular weight is 533 g/mol. The summed E-state index contributed by atoms with van der Waals surface area (Å²) in [5, 5.41) is 25.8. The minimum atomic E-state index is -0.536. The number of ether oxygens (including phenoxy) is 1. The molecule has 0 unspecified atom stereocenters. The predicted molar refractivity (Wildman–Crippen MR) is 144 cm³/mol. The first-order valence-corrected chi connectivity index (χ1v) is 12.9. The third-order valence-electron chi connectivity index (χ3n) is 6.25. The van der Waals surface area contributed by atoms with Crippen LogP contribution in [0.3, 0.4) is 0 Å². The number of amidine groups is 2. The number of benzene rings is 2. The lowest BCUT2D eigenvalue weighted by Gasteiger charge is -2.26. The van der Waals surface area contributed by atoms with E-state index in [1.54, 1.807) is 42.5 Å². The van der Waals surface area contributed by atoms with E-state index >= 15 is 0 Å². The number of carbonyl (C=O) groups is 2. The molecule has 0 bridgehead atoms. The van der Waals surface area contributed by atoms with Gasteiger partial charge in [0.15, 0.2) is 5.84 Å². The molecule has 0 atom stereocenters. The molecule has 3 aliphatic heterocycles. The molecule has 2 aromatic carbocycles. The molecule has 12 heteroatoms. The number of hydrogen-bond acceptors (Lipinski definition) is 8. The van der Waals surface area contributed by atoms with Gasteiger partial charge in [0.1, 0.15) is 17.4 Å². The van der Waals surface area contributed by atoms with Crippen molar-refractivity contribution in [3.8, 4) is 5.75 Å². The number of rotatable bonds is 7. The molecule has 0 aliphatic carbocycles. The van der Waals surface area contributed by atoms with Crippen LogP contribution in [0.25, 0.3) is 6.08 Å². The van der Waals surface area contributed by atoms with Crippen molar-refractivity contribution in [3.05, 3.63) is 75.3 Å². The van der Waals surface area contributed by atoms with Crippen LogP contribution in [0.5, 0.6) is 5.75 Å². The molecule has 3 aliphatic rings. The summed E-state index contributed by atoms with van der Waals surface area (Å²) in [5.41, 5.74) is 1.58. The molecule has 0 aromatic heterocycles. The van der Waals surface area contributed by atoms with Crippen LogP contribution in [0.4, 0.5) is 5.69 Å². The van der Waals surface area contributed by atoms with Crippen molar-refractivity contribution in [2.75, 3.05) is 13.1 Å². The van der Waals surface area contributed by atoms with Gasteiger partial charge in [-0.15, -0.1) is 0 Å². The Bertz CT molecular complexity index is 1380. The Labute approximate surface area is 222 Å². The molecular formula is C26H24N6O5S. The summed E-state index contributed by atoms with van der Waals surface area (Å²) in [5.74, 6) is -0.0437. The molecule has 0 saturated carbocycles. The van der Waals surface area contributed by atoms with Crippen LogP contribution < -0.4 is 4.74 Å². The first-order valence-electron chi connectivity index (χ1n) is 12.1. The lowest BCUT2D eigenvalue weighted by molar-refractivity contribution is -0.384. The van der Waals surface area contributed by atoms with Crippen molar-refractivity contribution in [2.45, 2.75) is 32.3 Å². The standard InChI is InChI=1S/C26H24N6O5S/c27-24-21(14-17-6-10-20(11-7-17)37-16-18-4-8-19(9-5-18)32(35)36)25(34)28-26-31(24)29-22(38-26)15-23(33)30-12-2-1-3-13-30/h4-11,14,27H,1-3,12-13,15-16H2/b21-14-,27-24?. The Balaban J connectivity index is 1.22. The van der Waals surface area contributed by atoms with E-state index in [1.807, 2.05) is 4.90 Å². The summed E-state index contributed by atoms with van der Waals surface area (Å²) in [6.45, 7) is 1.75. The van der Waals surface area contributed by atoms with Crippen LogP contribution in [-0.2, 0) is 16.2 Å². The molecule has 3 heterocycles. The summed E-state index contributed by atoms with van der Waals surface area (Å²) < 4.78 is 5.74. The molecule has 1 N–H and O–H groups in total. The van der Waals surface area contributed by atoms with Crippen molar-refractivity contribution in [3.63, 3.8) is 0 Å². The van der Waals surface area contributed by atoms with Gasteiger partial charge in [-0.05, 0) is 72.5 Å². The molecule has 11 nitrogen and oxygen atoms in total. The first-order chi connectivity index (χ1) is 18.4. The normalized spacial score (nSPS) is 18.3. The number of piperidine rings is 1. The van der Waals surface area contributed by atoms with E-state index in [0.29, 0.717) is 16.4 Å². The molecular weight excluding hydrogens is 508 g/mol. The highest BCUT2D eigenvalue weighted by Crippen LogP contribution is 2.30. The molecule has 0 radical (unpaired) electrons. The fraction of sp³-hybridized carbons (Fsp3) is 0.269. The van der Waals surface area contributed by atoms with Crippen LogP contribution in [0, 0.1) is 15.5 Å². The summed E-state index contributed by atoms with van der Waals surface area (Å²) in [6, 6.07) is 13.1. The van der Waals surface area contributed by atoms with Gasteiger partial charge in [0.2, 0.25) is 11.1 Å². The van der Waals surface area contributed by atoms with Crippen molar-refractivity contribution in [1.82, 2.24) is 9.91 Å². The Morgan fingerprint density at radius 2 is 1.82 bits per heavy atom. The van der Waals surface area contributed by atoms with E-state index in [0.717, 1.165) is 49.7 Å². The highest BCUT2D eigenvalue weighted by Gasteiger charge is 2.36. The minimum Gasteiger partial charge on any atom is -0.489 e. The lowest BCUT2D eigenvalue weighted by atomic mass is 10.1. The smallest absolute Gasteiger partial charge is 0.283 e. The lowest BCUT2D eigenvalue weighted by Crippen LogP contribution is -2.36. The Kier molecular flexibility index (Phi) is 7.31. The molecule has 2 aromatic rings. The van der Waals surface area contributed by atoms with Crippen molar-refractivity contribution < 1.29 is 19.2 Å². The predicted octanol–water partition coefficient (Wildman–Crippen LogP) is 4.20. The van der Waals surface area contributed by atoms with E-state index in [4.69, 9.17) is 10.1 Å². The van der Waals surface area contributed by atoms with E-state index in [2.05, 4.69) is 10.1 Å². The second kappa shape index (κ2) is 11.0. The van der Waals surface area contributed by atoms with Gasteiger partial charge >= 0.3 is 0 Å². The summed E-state index contributed by atoms with van der Waals surface area (Å²) in [7, 11) is 0. The maximum atomic E-state index is 12.7. The van der Waals surface area contributed by atoms with Crippen LogP contribution in [0.15, 0.2) is 64.2 Å². The highest BCUT2D eigenvalue weighted by atomic mass is 32.2. The second-order valence-electron chi connectivity index (χ2n) is 8.91. The summed E-state index contributed by atoms with van der Waals surface area (Å²) >= 11 is 1.15.